The first-order chi connectivity index (χ1) is 13.9. The van der Waals surface area contributed by atoms with Crippen LogP contribution in [0.3, 0.4) is 0 Å². The molecule has 9 heteroatoms. The Kier molecular flexibility index (Phi) is 6.20. The molecule has 7 nitrogen and oxygen atoms in total. The van der Waals surface area contributed by atoms with E-state index >= 15 is 0 Å². The third-order valence-corrected chi connectivity index (χ3v) is 6.60. The van der Waals surface area contributed by atoms with Gasteiger partial charge in [-0.15, -0.1) is 0 Å². The Morgan fingerprint density at radius 1 is 0.967 bits per heavy atom. The lowest BCUT2D eigenvalue weighted by atomic mass is 9.78. The van der Waals surface area contributed by atoms with E-state index in [9.17, 15) is 8.42 Å². The molecule has 1 aliphatic rings. The number of methoxy groups -OCH3 is 1. The maximum atomic E-state index is 12.6. The van der Waals surface area contributed by atoms with Crippen LogP contribution in [0, 0.1) is 6.92 Å². The lowest BCUT2D eigenvalue weighted by molar-refractivity contribution is 0.00578. The van der Waals surface area contributed by atoms with Gasteiger partial charge in [0.1, 0.15) is 16.4 Å². The second-order valence-corrected chi connectivity index (χ2v) is 9.74. The minimum atomic E-state index is -3.99. The van der Waals surface area contributed by atoms with Gasteiger partial charge in [0.05, 0.1) is 11.2 Å². The van der Waals surface area contributed by atoms with E-state index in [1.807, 2.05) is 34.6 Å². The molecule has 0 spiro atoms. The summed E-state index contributed by atoms with van der Waals surface area (Å²) in [6.45, 7) is 9.66. The predicted molar refractivity (Wildman–Crippen MR) is 114 cm³/mol. The van der Waals surface area contributed by atoms with Crippen molar-refractivity contribution in [3.8, 4) is 11.5 Å². The minimum Gasteiger partial charge on any atom is -0.468 e. The summed E-state index contributed by atoms with van der Waals surface area (Å²) in [6.07, 6.45) is 0. The van der Waals surface area contributed by atoms with Crippen LogP contribution in [0.2, 0.25) is 0 Å². The molecular weight excluding hydrogens is 407 g/mol. The van der Waals surface area contributed by atoms with Crippen LogP contribution in [-0.2, 0) is 24.2 Å². The van der Waals surface area contributed by atoms with Crippen molar-refractivity contribution < 1.29 is 31.4 Å². The van der Waals surface area contributed by atoms with Gasteiger partial charge in [0.15, 0.2) is 6.79 Å². The van der Waals surface area contributed by atoms with Crippen molar-refractivity contribution in [1.82, 2.24) is 0 Å². The van der Waals surface area contributed by atoms with Gasteiger partial charge in [-0.2, -0.15) is 8.42 Å². The van der Waals surface area contributed by atoms with Crippen molar-refractivity contribution in [3.05, 3.63) is 48.0 Å². The highest BCUT2D eigenvalue weighted by molar-refractivity contribution is 7.87. The summed E-state index contributed by atoms with van der Waals surface area (Å²) < 4.78 is 53.4. The monoisotopic (exact) mass is 434 g/mol. The second kappa shape index (κ2) is 8.22. The molecule has 0 saturated carbocycles. The molecule has 0 bridgehead atoms. The maximum absolute atomic E-state index is 12.6. The van der Waals surface area contributed by atoms with Crippen LogP contribution in [0.4, 0.5) is 0 Å². The third-order valence-electron chi connectivity index (χ3n) is 5.34. The van der Waals surface area contributed by atoms with E-state index in [0.29, 0.717) is 11.2 Å². The van der Waals surface area contributed by atoms with E-state index in [4.69, 9.17) is 23.0 Å². The maximum Gasteiger partial charge on any atom is 0.498 e. The first-order valence-electron chi connectivity index (χ1n) is 9.58. The minimum absolute atomic E-state index is 0.0271. The van der Waals surface area contributed by atoms with Gasteiger partial charge in [0.25, 0.3) is 0 Å². The highest BCUT2D eigenvalue weighted by atomic mass is 32.2. The molecule has 0 amide bonds. The molecule has 1 heterocycles. The van der Waals surface area contributed by atoms with E-state index in [1.165, 1.54) is 25.3 Å². The Labute approximate surface area is 178 Å². The van der Waals surface area contributed by atoms with E-state index in [1.54, 1.807) is 24.3 Å². The average molecular weight is 434 g/mol. The summed E-state index contributed by atoms with van der Waals surface area (Å²) in [5.74, 6) is 0.467. The van der Waals surface area contributed by atoms with Crippen LogP contribution >= 0.6 is 0 Å². The van der Waals surface area contributed by atoms with E-state index in [2.05, 4.69) is 0 Å². The Balaban J connectivity index is 1.90. The summed E-state index contributed by atoms with van der Waals surface area (Å²) in [5.41, 5.74) is 0.516. The van der Waals surface area contributed by atoms with Gasteiger partial charge in [0, 0.05) is 18.6 Å². The van der Waals surface area contributed by atoms with Crippen LogP contribution in [0.25, 0.3) is 0 Å². The summed E-state index contributed by atoms with van der Waals surface area (Å²) >= 11 is 0. The molecule has 162 valence electrons. The van der Waals surface area contributed by atoms with Gasteiger partial charge >= 0.3 is 17.2 Å². The summed E-state index contributed by atoms with van der Waals surface area (Å²) in [4.78, 5) is 0.0718. The number of ether oxygens (including phenoxy) is 2. The van der Waals surface area contributed by atoms with Gasteiger partial charge in [-0.25, -0.2) is 0 Å². The number of rotatable bonds is 7. The normalized spacial score (nSPS) is 17.7. The molecule has 30 heavy (non-hydrogen) atoms. The molecule has 0 N–H and O–H groups in total. The summed E-state index contributed by atoms with van der Waals surface area (Å²) in [7, 11) is -3.17. The van der Waals surface area contributed by atoms with Crippen molar-refractivity contribution in [2.45, 2.75) is 50.7 Å². The number of benzene rings is 2. The molecule has 0 atom stereocenters. The second-order valence-electron chi connectivity index (χ2n) is 8.19. The third kappa shape index (κ3) is 4.64. The largest absolute Gasteiger partial charge is 0.498 e. The van der Waals surface area contributed by atoms with Crippen molar-refractivity contribution in [3.63, 3.8) is 0 Å². The average Bonchev–Trinajstić information content (AvgIpc) is 2.87. The zero-order valence-corrected chi connectivity index (χ0v) is 18.9. The van der Waals surface area contributed by atoms with Gasteiger partial charge in [-0.05, 0) is 52.8 Å². The van der Waals surface area contributed by atoms with E-state index in [0.717, 1.165) is 5.56 Å². The smallest absolute Gasteiger partial charge is 0.468 e. The molecule has 1 fully saturated rings. The molecule has 3 rings (SSSR count). The fraction of sp³-hybridized carbons (Fsp3) is 0.429. The lowest BCUT2D eigenvalue weighted by Gasteiger charge is -2.32. The standard InChI is InChI=1S/C21H27BO7S/c1-15-7-10-17(11-8-15)30(23,24)27-16-9-12-18(19(13-16)26-14-25-6)22-28-20(2,3)21(4,5)29-22/h7-13H,14H2,1-6H3. The molecule has 2 aromatic rings. The van der Waals surface area contributed by atoms with Crippen LogP contribution in [0.15, 0.2) is 47.4 Å². The van der Waals surface area contributed by atoms with Gasteiger partial charge in [-0.1, -0.05) is 23.8 Å². The first-order valence-corrected chi connectivity index (χ1v) is 11.0. The molecule has 0 aliphatic carbocycles. The van der Waals surface area contributed by atoms with Gasteiger partial charge in [-0.3, -0.25) is 0 Å². The highest BCUT2D eigenvalue weighted by Gasteiger charge is 2.52. The highest BCUT2D eigenvalue weighted by Crippen LogP contribution is 2.37. The zero-order valence-electron chi connectivity index (χ0n) is 18.1. The van der Waals surface area contributed by atoms with Crippen molar-refractivity contribution in [1.29, 1.82) is 0 Å². The Morgan fingerprint density at radius 2 is 1.57 bits per heavy atom. The summed E-state index contributed by atoms with van der Waals surface area (Å²) in [6, 6.07) is 11.1. The zero-order chi connectivity index (χ0) is 22.2. The van der Waals surface area contributed by atoms with Crippen molar-refractivity contribution in [2.75, 3.05) is 13.9 Å². The van der Waals surface area contributed by atoms with Crippen molar-refractivity contribution in [2.24, 2.45) is 0 Å². The number of hydrogen-bond acceptors (Lipinski definition) is 7. The molecule has 0 radical (unpaired) electrons. The van der Waals surface area contributed by atoms with Crippen LogP contribution in [0.1, 0.15) is 33.3 Å². The summed E-state index contributed by atoms with van der Waals surface area (Å²) in [5, 5.41) is 0. The molecule has 0 aromatic heterocycles. The Bertz CT molecular complexity index is 985. The predicted octanol–water partition coefficient (Wildman–Crippen LogP) is 3.04. The van der Waals surface area contributed by atoms with Crippen LogP contribution in [-0.4, -0.2) is 40.6 Å². The molecule has 1 aliphatic heterocycles. The van der Waals surface area contributed by atoms with E-state index in [-0.39, 0.29) is 17.4 Å². The molecular formula is C21H27BO7S. The number of aryl methyl sites for hydroxylation is 1. The Hall–Kier alpha value is -2.07. The number of hydrogen-bond donors (Lipinski definition) is 0. The SMILES string of the molecule is COCOc1cc(OS(=O)(=O)c2ccc(C)cc2)ccc1B1OC(C)(C)C(C)(C)O1. The fourth-order valence-electron chi connectivity index (χ4n) is 2.86. The van der Waals surface area contributed by atoms with Crippen LogP contribution < -0.4 is 14.4 Å². The van der Waals surface area contributed by atoms with Crippen LogP contribution in [0.5, 0.6) is 11.5 Å². The quantitative estimate of drug-likeness (QED) is 0.377. The Morgan fingerprint density at radius 3 is 2.13 bits per heavy atom. The molecule has 1 saturated heterocycles. The molecule has 2 aromatic carbocycles. The molecule has 0 unspecified atom stereocenters. The van der Waals surface area contributed by atoms with Crippen molar-refractivity contribution >= 4 is 22.7 Å². The van der Waals surface area contributed by atoms with E-state index < -0.39 is 28.4 Å². The fourth-order valence-corrected chi connectivity index (χ4v) is 3.78. The first kappa shape index (κ1) is 22.6. The van der Waals surface area contributed by atoms with Gasteiger partial charge < -0.3 is 23.0 Å². The van der Waals surface area contributed by atoms with Gasteiger partial charge in [0.2, 0.25) is 0 Å². The topological polar surface area (TPSA) is 80.3 Å². The lowest BCUT2D eigenvalue weighted by Crippen LogP contribution is -2.41.